The molecule has 0 bridgehead atoms. The van der Waals surface area contributed by atoms with E-state index in [4.69, 9.17) is 4.42 Å². The summed E-state index contributed by atoms with van der Waals surface area (Å²) in [5.41, 5.74) is 4.22. The number of aromatic nitrogens is 1. The zero-order valence-electron chi connectivity index (χ0n) is 15.5. The molecule has 0 radical (unpaired) electrons. The van der Waals surface area contributed by atoms with E-state index >= 15 is 0 Å². The van der Waals surface area contributed by atoms with E-state index in [1.54, 1.807) is 7.05 Å². The highest BCUT2D eigenvalue weighted by Gasteiger charge is 2.10. The van der Waals surface area contributed by atoms with Gasteiger partial charge in [0.05, 0.1) is 12.1 Å². The minimum Gasteiger partial charge on any atom is -0.459 e. The van der Waals surface area contributed by atoms with Gasteiger partial charge in [0.15, 0.2) is 5.96 Å². The van der Waals surface area contributed by atoms with Gasteiger partial charge in [0.2, 0.25) is 0 Å². The number of guanidine groups is 1. The number of hydrogen-bond donors (Lipinski definition) is 2. The molecule has 2 aromatic heterocycles. The topological polar surface area (TPSA) is 62.5 Å². The molecule has 0 amide bonds. The molecule has 0 atom stereocenters. The van der Waals surface area contributed by atoms with E-state index < -0.39 is 0 Å². The molecule has 2 N–H and O–H groups in total. The van der Waals surface area contributed by atoms with E-state index in [-0.39, 0.29) is 0 Å². The largest absolute Gasteiger partial charge is 0.459 e. The smallest absolute Gasteiger partial charge is 0.191 e. The van der Waals surface area contributed by atoms with Crippen LogP contribution in [0.1, 0.15) is 16.9 Å². The summed E-state index contributed by atoms with van der Waals surface area (Å²) in [6.45, 7) is 3.31. The Kier molecular flexibility index (Phi) is 4.75. The van der Waals surface area contributed by atoms with E-state index in [2.05, 4.69) is 57.9 Å². The number of hydrogen-bond acceptors (Lipinski definition) is 3. The van der Waals surface area contributed by atoms with Crippen molar-refractivity contribution in [3.63, 3.8) is 0 Å². The van der Waals surface area contributed by atoms with Crippen LogP contribution in [0.4, 0.5) is 0 Å². The van der Waals surface area contributed by atoms with E-state index in [1.165, 1.54) is 0 Å². The van der Waals surface area contributed by atoms with Gasteiger partial charge < -0.3 is 15.1 Å². The third kappa shape index (κ3) is 3.49. The number of benzene rings is 2. The fourth-order valence-electron chi connectivity index (χ4n) is 3.27. The normalized spacial score (nSPS) is 11.9. The summed E-state index contributed by atoms with van der Waals surface area (Å²) in [5, 5.41) is 8.98. The molecule has 2 heterocycles. The second-order valence-corrected chi connectivity index (χ2v) is 6.42. The van der Waals surface area contributed by atoms with Crippen molar-refractivity contribution in [3.8, 4) is 0 Å². The molecule has 0 aliphatic carbocycles. The summed E-state index contributed by atoms with van der Waals surface area (Å²) in [4.78, 5) is 8.81. The Morgan fingerprint density at radius 3 is 2.67 bits per heavy atom. The first kappa shape index (κ1) is 17.1. The molecule has 5 nitrogen and oxygen atoms in total. The Labute approximate surface area is 158 Å². The molecule has 136 valence electrons. The van der Waals surface area contributed by atoms with Crippen molar-refractivity contribution < 1.29 is 4.42 Å². The average molecular weight is 358 g/mol. The van der Waals surface area contributed by atoms with E-state index in [0.29, 0.717) is 13.1 Å². The van der Waals surface area contributed by atoms with E-state index in [9.17, 15) is 0 Å². The van der Waals surface area contributed by atoms with Crippen LogP contribution < -0.4 is 10.6 Å². The van der Waals surface area contributed by atoms with Crippen molar-refractivity contribution in [1.29, 1.82) is 0 Å². The highest BCUT2D eigenvalue weighted by atomic mass is 16.3. The zero-order chi connectivity index (χ0) is 18.6. The van der Waals surface area contributed by atoms with Crippen LogP contribution in [0.15, 0.2) is 70.2 Å². The molecule has 0 aliphatic rings. The second kappa shape index (κ2) is 7.50. The van der Waals surface area contributed by atoms with Crippen molar-refractivity contribution in [2.45, 2.75) is 20.0 Å². The number of nitrogens with one attached hydrogen (secondary N) is 2. The van der Waals surface area contributed by atoms with Crippen molar-refractivity contribution in [3.05, 3.63) is 77.7 Å². The molecule has 0 saturated heterocycles. The number of pyridine rings is 1. The van der Waals surface area contributed by atoms with Gasteiger partial charge in [-0.2, -0.15) is 0 Å². The van der Waals surface area contributed by atoms with Crippen LogP contribution in [0.3, 0.4) is 0 Å². The number of furan rings is 1. The molecular formula is C22H22N4O. The van der Waals surface area contributed by atoms with E-state index in [1.807, 2.05) is 30.5 Å². The first-order chi connectivity index (χ1) is 13.3. The van der Waals surface area contributed by atoms with Gasteiger partial charge >= 0.3 is 0 Å². The summed E-state index contributed by atoms with van der Waals surface area (Å²) in [6.07, 6.45) is 1.82. The summed E-state index contributed by atoms with van der Waals surface area (Å²) in [7, 11) is 1.77. The predicted molar refractivity (Wildman–Crippen MR) is 110 cm³/mol. The molecule has 0 aliphatic heterocycles. The van der Waals surface area contributed by atoms with Crippen molar-refractivity contribution in [2.75, 3.05) is 7.05 Å². The number of aliphatic imine (C=N–C) groups is 1. The number of para-hydroxylation sites is 2. The molecule has 0 spiro atoms. The average Bonchev–Trinajstić information content (AvgIpc) is 3.04. The minimum atomic E-state index is 0.577. The maximum absolute atomic E-state index is 5.96. The predicted octanol–water partition coefficient (Wildman–Crippen LogP) is 4.15. The van der Waals surface area contributed by atoms with Gasteiger partial charge in [-0.1, -0.05) is 42.5 Å². The van der Waals surface area contributed by atoms with Crippen molar-refractivity contribution >= 4 is 27.8 Å². The fraction of sp³-hybridized carbons (Fsp3) is 0.182. The minimum absolute atomic E-state index is 0.577. The standard InChI is InChI=1S/C22H22N4O/c1-15-18-10-3-4-11-19(18)27-20(15)14-26-22(23-2)25-13-17-8-5-7-16-9-6-12-24-21(16)17/h3-12H,13-14H2,1-2H3,(H2,23,25,26). The molecule has 2 aromatic carbocycles. The molecule has 5 heteroatoms. The maximum Gasteiger partial charge on any atom is 0.191 e. The van der Waals surface area contributed by atoms with Crippen LogP contribution in [0.5, 0.6) is 0 Å². The van der Waals surface area contributed by atoms with Gasteiger partial charge in [-0.25, -0.2) is 0 Å². The van der Waals surface area contributed by atoms with Gasteiger partial charge in [-0.05, 0) is 24.6 Å². The van der Waals surface area contributed by atoms with Gasteiger partial charge in [0.25, 0.3) is 0 Å². The van der Waals surface area contributed by atoms with Gasteiger partial charge in [0, 0.05) is 36.1 Å². The summed E-state index contributed by atoms with van der Waals surface area (Å²) >= 11 is 0. The lowest BCUT2D eigenvalue weighted by Gasteiger charge is -2.12. The quantitative estimate of drug-likeness (QED) is 0.425. The summed E-state index contributed by atoms with van der Waals surface area (Å²) in [6, 6.07) is 18.3. The second-order valence-electron chi connectivity index (χ2n) is 6.42. The number of nitrogens with zero attached hydrogens (tertiary/aromatic N) is 2. The first-order valence-electron chi connectivity index (χ1n) is 9.00. The Morgan fingerprint density at radius 2 is 1.81 bits per heavy atom. The summed E-state index contributed by atoms with van der Waals surface area (Å²) < 4.78 is 5.96. The van der Waals surface area contributed by atoms with Gasteiger partial charge in [-0.3, -0.25) is 9.98 Å². The first-order valence-corrected chi connectivity index (χ1v) is 9.00. The fourth-order valence-corrected chi connectivity index (χ4v) is 3.27. The molecule has 4 aromatic rings. The van der Waals surface area contributed by atoms with Crippen LogP contribution >= 0.6 is 0 Å². The van der Waals surface area contributed by atoms with Gasteiger partial charge in [0.1, 0.15) is 11.3 Å². The number of rotatable bonds is 4. The monoisotopic (exact) mass is 358 g/mol. The van der Waals surface area contributed by atoms with Crippen molar-refractivity contribution in [2.24, 2.45) is 4.99 Å². The highest BCUT2D eigenvalue weighted by molar-refractivity contribution is 5.84. The molecule has 0 unspecified atom stereocenters. The third-order valence-corrected chi connectivity index (χ3v) is 4.75. The Morgan fingerprint density at radius 1 is 1.00 bits per heavy atom. The zero-order valence-corrected chi connectivity index (χ0v) is 15.5. The number of aryl methyl sites for hydroxylation is 1. The molecule has 0 fully saturated rings. The molecular weight excluding hydrogens is 336 g/mol. The third-order valence-electron chi connectivity index (χ3n) is 4.75. The maximum atomic E-state index is 5.96. The molecule has 4 rings (SSSR count). The highest BCUT2D eigenvalue weighted by Crippen LogP contribution is 2.24. The number of fused-ring (bicyclic) bond motifs is 2. The summed E-state index contributed by atoms with van der Waals surface area (Å²) in [5.74, 6) is 1.65. The van der Waals surface area contributed by atoms with Crippen molar-refractivity contribution in [1.82, 2.24) is 15.6 Å². The Balaban J connectivity index is 1.44. The molecule has 27 heavy (non-hydrogen) atoms. The van der Waals surface area contributed by atoms with E-state index in [0.717, 1.165) is 44.7 Å². The van der Waals surface area contributed by atoms with Gasteiger partial charge in [-0.15, -0.1) is 0 Å². The lowest BCUT2D eigenvalue weighted by atomic mass is 10.1. The lowest BCUT2D eigenvalue weighted by molar-refractivity contribution is 0.534. The van der Waals surface area contributed by atoms with Crippen LogP contribution in [0.25, 0.3) is 21.9 Å². The Hall–Kier alpha value is -3.34. The molecule has 0 saturated carbocycles. The van der Waals surface area contributed by atoms with Crippen LogP contribution in [0, 0.1) is 6.92 Å². The Bertz CT molecular complexity index is 1110. The van der Waals surface area contributed by atoms with Crippen LogP contribution in [-0.4, -0.2) is 18.0 Å². The van der Waals surface area contributed by atoms with Crippen LogP contribution in [0.2, 0.25) is 0 Å². The van der Waals surface area contributed by atoms with Crippen LogP contribution in [-0.2, 0) is 13.1 Å². The SMILES string of the molecule is CN=C(NCc1oc2ccccc2c1C)NCc1cccc2cccnc12. The lowest BCUT2D eigenvalue weighted by Crippen LogP contribution is -2.36.